The lowest BCUT2D eigenvalue weighted by atomic mass is 10.2. The first-order valence-electron chi connectivity index (χ1n) is 8.68. The number of nitrogens with one attached hydrogen (secondary N) is 1. The molecule has 0 unspecified atom stereocenters. The average Bonchev–Trinajstić information content (AvgIpc) is 2.64. The van der Waals surface area contributed by atoms with Crippen molar-refractivity contribution in [1.82, 2.24) is 0 Å². The largest absolute Gasteiger partial charge is 0.380 e. The standard InChI is InChI=1S/C20H28N4O/c1-3-24(18-11-5-4-6-12-18)15-9-14-22-20(21)23-19-13-8-7-10-17(19)16-25-2/h4-8,10-13H,3,9,14-16H2,1-2H3,(H3,21,22,23). The normalized spacial score (nSPS) is 11.4. The van der Waals surface area contributed by atoms with Crippen LogP contribution >= 0.6 is 0 Å². The Balaban J connectivity index is 1.83. The maximum Gasteiger partial charge on any atom is 0.193 e. The number of ether oxygens (including phenoxy) is 1. The molecule has 0 atom stereocenters. The van der Waals surface area contributed by atoms with Crippen LogP contribution in [0.1, 0.15) is 18.9 Å². The topological polar surface area (TPSA) is 62.9 Å². The van der Waals surface area contributed by atoms with Gasteiger partial charge in [-0.1, -0.05) is 36.4 Å². The Hall–Kier alpha value is -2.53. The molecule has 0 aliphatic rings. The Bertz CT molecular complexity index is 658. The highest BCUT2D eigenvalue weighted by atomic mass is 16.5. The van der Waals surface area contributed by atoms with Gasteiger partial charge in [0.2, 0.25) is 0 Å². The molecule has 0 heterocycles. The van der Waals surface area contributed by atoms with E-state index in [2.05, 4.69) is 46.4 Å². The van der Waals surface area contributed by atoms with Crippen LogP contribution in [-0.2, 0) is 11.3 Å². The van der Waals surface area contributed by atoms with Gasteiger partial charge in [0, 0.05) is 43.7 Å². The summed E-state index contributed by atoms with van der Waals surface area (Å²) in [5.41, 5.74) is 9.25. The van der Waals surface area contributed by atoms with Crippen molar-refractivity contribution in [1.29, 1.82) is 0 Å². The number of guanidine groups is 1. The molecule has 134 valence electrons. The SMILES string of the molecule is CCN(CCCN=C(N)Nc1ccccc1COC)c1ccccc1. The summed E-state index contributed by atoms with van der Waals surface area (Å²) in [5, 5.41) is 3.16. The van der Waals surface area contributed by atoms with Crippen molar-refractivity contribution in [2.24, 2.45) is 10.7 Å². The van der Waals surface area contributed by atoms with Gasteiger partial charge < -0.3 is 20.7 Å². The van der Waals surface area contributed by atoms with Crippen molar-refractivity contribution >= 4 is 17.3 Å². The zero-order valence-corrected chi connectivity index (χ0v) is 15.1. The van der Waals surface area contributed by atoms with Gasteiger partial charge in [0.15, 0.2) is 5.96 Å². The predicted octanol–water partition coefficient (Wildman–Crippen LogP) is 3.48. The molecule has 2 aromatic rings. The lowest BCUT2D eigenvalue weighted by molar-refractivity contribution is 0.185. The van der Waals surface area contributed by atoms with Crippen LogP contribution in [0, 0.1) is 0 Å². The van der Waals surface area contributed by atoms with E-state index in [1.54, 1.807) is 7.11 Å². The van der Waals surface area contributed by atoms with Crippen molar-refractivity contribution in [3.8, 4) is 0 Å². The molecule has 0 spiro atoms. The Morgan fingerprint density at radius 1 is 1.12 bits per heavy atom. The number of aliphatic imine (C=N–C) groups is 1. The van der Waals surface area contributed by atoms with E-state index in [1.807, 2.05) is 30.3 Å². The Morgan fingerprint density at radius 3 is 2.56 bits per heavy atom. The highest BCUT2D eigenvalue weighted by Crippen LogP contribution is 2.15. The van der Waals surface area contributed by atoms with E-state index in [1.165, 1.54) is 5.69 Å². The van der Waals surface area contributed by atoms with Crippen LogP contribution in [0.5, 0.6) is 0 Å². The van der Waals surface area contributed by atoms with Crippen LogP contribution in [0.25, 0.3) is 0 Å². The van der Waals surface area contributed by atoms with Gasteiger partial charge in [0.05, 0.1) is 6.61 Å². The summed E-state index contributed by atoms with van der Waals surface area (Å²) in [7, 11) is 1.68. The van der Waals surface area contributed by atoms with Crippen molar-refractivity contribution in [2.45, 2.75) is 20.0 Å². The van der Waals surface area contributed by atoms with Crippen LogP contribution in [0.4, 0.5) is 11.4 Å². The monoisotopic (exact) mass is 340 g/mol. The lowest BCUT2D eigenvalue weighted by Gasteiger charge is -2.22. The number of nitrogens with zero attached hydrogens (tertiary/aromatic N) is 2. The van der Waals surface area contributed by atoms with Gasteiger partial charge in [0.1, 0.15) is 0 Å². The summed E-state index contributed by atoms with van der Waals surface area (Å²) in [6, 6.07) is 18.4. The first-order chi connectivity index (χ1) is 12.2. The molecule has 0 amide bonds. The third kappa shape index (κ3) is 6.12. The third-order valence-electron chi connectivity index (χ3n) is 3.95. The Morgan fingerprint density at radius 2 is 1.84 bits per heavy atom. The van der Waals surface area contributed by atoms with Crippen LogP contribution < -0.4 is 16.0 Å². The van der Waals surface area contributed by atoms with Crippen molar-refractivity contribution < 1.29 is 4.74 Å². The summed E-state index contributed by atoms with van der Waals surface area (Å²) >= 11 is 0. The zero-order chi connectivity index (χ0) is 17.9. The quantitative estimate of drug-likeness (QED) is 0.417. The van der Waals surface area contributed by atoms with Crippen molar-refractivity contribution in [3.05, 3.63) is 60.2 Å². The maximum absolute atomic E-state index is 6.02. The van der Waals surface area contributed by atoms with E-state index in [0.29, 0.717) is 19.1 Å². The first kappa shape index (κ1) is 18.8. The molecule has 0 aromatic heterocycles. The number of hydrogen-bond donors (Lipinski definition) is 2. The summed E-state index contributed by atoms with van der Waals surface area (Å²) in [6.07, 6.45) is 0.949. The predicted molar refractivity (Wildman–Crippen MR) is 106 cm³/mol. The number of benzene rings is 2. The summed E-state index contributed by atoms with van der Waals surface area (Å²) in [6.45, 7) is 5.33. The zero-order valence-electron chi connectivity index (χ0n) is 15.1. The van der Waals surface area contributed by atoms with Gasteiger partial charge in [-0.05, 0) is 31.5 Å². The minimum absolute atomic E-state index is 0.436. The summed E-state index contributed by atoms with van der Waals surface area (Å²) in [4.78, 5) is 6.78. The number of nitrogens with two attached hydrogens (primary N) is 1. The molecule has 5 heteroatoms. The second kappa shape index (κ2) is 10.4. The van der Waals surface area contributed by atoms with Crippen molar-refractivity contribution in [3.63, 3.8) is 0 Å². The van der Waals surface area contributed by atoms with Crippen LogP contribution in [0.3, 0.4) is 0 Å². The molecule has 0 bridgehead atoms. The molecule has 0 saturated heterocycles. The molecule has 0 aliphatic heterocycles. The second-order valence-electron chi connectivity index (χ2n) is 5.75. The summed E-state index contributed by atoms with van der Waals surface area (Å²) < 4.78 is 5.20. The smallest absolute Gasteiger partial charge is 0.193 e. The van der Waals surface area contributed by atoms with Gasteiger partial charge in [-0.15, -0.1) is 0 Å². The minimum Gasteiger partial charge on any atom is -0.380 e. The highest BCUT2D eigenvalue weighted by Gasteiger charge is 2.04. The molecule has 0 aliphatic carbocycles. The Labute approximate surface area is 150 Å². The molecule has 0 radical (unpaired) electrons. The first-order valence-corrected chi connectivity index (χ1v) is 8.68. The van der Waals surface area contributed by atoms with Crippen LogP contribution in [0.2, 0.25) is 0 Å². The molecule has 3 N–H and O–H groups in total. The van der Waals surface area contributed by atoms with Gasteiger partial charge in [-0.2, -0.15) is 0 Å². The number of rotatable bonds is 9. The highest BCUT2D eigenvalue weighted by molar-refractivity contribution is 5.92. The van der Waals surface area contributed by atoms with Crippen molar-refractivity contribution in [2.75, 3.05) is 37.0 Å². The third-order valence-corrected chi connectivity index (χ3v) is 3.95. The van der Waals surface area contributed by atoms with Gasteiger partial charge >= 0.3 is 0 Å². The maximum atomic E-state index is 6.02. The number of anilines is 2. The fraction of sp³-hybridized carbons (Fsp3) is 0.350. The van der Waals surface area contributed by atoms with E-state index >= 15 is 0 Å². The van der Waals surface area contributed by atoms with E-state index < -0.39 is 0 Å². The fourth-order valence-electron chi connectivity index (χ4n) is 2.67. The second-order valence-corrected chi connectivity index (χ2v) is 5.75. The van der Waals surface area contributed by atoms with Gasteiger partial charge in [-0.3, -0.25) is 4.99 Å². The minimum atomic E-state index is 0.436. The van der Waals surface area contributed by atoms with Gasteiger partial charge in [0.25, 0.3) is 0 Å². The number of methoxy groups -OCH3 is 1. The fourth-order valence-corrected chi connectivity index (χ4v) is 2.67. The van der Waals surface area contributed by atoms with E-state index in [4.69, 9.17) is 10.5 Å². The number of para-hydroxylation sites is 2. The van der Waals surface area contributed by atoms with Crippen LogP contribution in [0.15, 0.2) is 59.6 Å². The van der Waals surface area contributed by atoms with E-state index in [0.717, 1.165) is 30.8 Å². The molecule has 0 saturated carbocycles. The molecule has 2 rings (SSSR count). The summed E-state index contributed by atoms with van der Waals surface area (Å²) in [5.74, 6) is 0.436. The molecule has 0 fully saturated rings. The van der Waals surface area contributed by atoms with Crippen LogP contribution in [-0.4, -0.2) is 32.7 Å². The molecule has 2 aromatic carbocycles. The molecule has 5 nitrogen and oxygen atoms in total. The lowest BCUT2D eigenvalue weighted by Crippen LogP contribution is -2.26. The Kier molecular flexibility index (Phi) is 7.79. The number of hydrogen-bond acceptors (Lipinski definition) is 3. The average molecular weight is 340 g/mol. The van der Waals surface area contributed by atoms with E-state index in [-0.39, 0.29) is 0 Å². The van der Waals surface area contributed by atoms with Gasteiger partial charge in [-0.25, -0.2) is 0 Å². The van der Waals surface area contributed by atoms with E-state index in [9.17, 15) is 0 Å². The molecular formula is C20H28N4O. The molecule has 25 heavy (non-hydrogen) atoms. The molecular weight excluding hydrogens is 312 g/mol.